The van der Waals surface area contributed by atoms with Gasteiger partial charge in [-0.2, -0.15) is 0 Å². The van der Waals surface area contributed by atoms with E-state index >= 15 is 0 Å². The molecule has 0 saturated heterocycles. The maximum Gasteiger partial charge on any atom is 0.269 e. The van der Waals surface area contributed by atoms with Gasteiger partial charge in [0.15, 0.2) is 0 Å². The Labute approximate surface area is 354 Å². The Morgan fingerprint density at radius 3 is 2.03 bits per heavy atom. The van der Waals surface area contributed by atoms with Gasteiger partial charge in [-0.25, -0.2) is 4.98 Å². The lowest BCUT2D eigenvalue weighted by Crippen LogP contribution is -2.31. The highest BCUT2D eigenvalue weighted by molar-refractivity contribution is 6.09. The van der Waals surface area contributed by atoms with Gasteiger partial charge in [-0.1, -0.05) is 148 Å². The van der Waals surface area contributed by atoms with Crippen molar-refractivity contribution in [2.75, 3.05) is 0 Å². The fourth-order valence-electron chi connectivity index (χ4n) is 7.58. The van der Waals surface area contributed by atoms with E-state index in [4.69, 9.17) is 24.8 Å². The van der Waals surface area contributed by atoms with Crippen molar-refractivity contribution in [1.82, 2.24) is 14.1 Å². The average molecular weight is 762 g/mol. The summed E-state index contributed by atoms with van der Waals surface area (Å²) in [5.41, 5.74) is 4.70. The molecule has 1 atom stereocenters. The molecular weight excluding hydrogens is 709 g/mol. The number of hydrogen-bond acceptors (Lipinski definition) is 2. The Kier molecular flexibility index (Phi) is 6.36. The molecular formula is C53H42N4O. The van der Waals surface area contributed by atoms with Gasteiger partial charge in [-0.3, -0.25) is 13.7 Å². The number of nitrogens with zero attached hydrogens (tertiary/aromatic N) is 4. The number of fused-ring (bicyclic) bond motifs is 4. The van der Waals surface area contributed by atoms with E-state index in [2.05, 4.69) is 23.0 Å². The summed E-state index contributed by atoms with van der Waals surface area (Å²) in [6.45, 7) is 6.00. The first-order valence-corrected chi connectivity index (χ1v) is 19.0. The molecule has 0 fully saturated rings. The zero-order chi connectivity index (χ0) is 48.8. The lowest BCUT2D eigenvalue weighted by Gasteiger charge is -2.17. The molecule has 1 unspecified atom stereocenters. The van der Waals surface area contributed by atoms with Crippen LogP contribution in [0.5, 0.6) is 11.5 Å². The molecule has 5 nitrogen and oxygen atoms in total. The van der Waals surface area contributed by atoms with Crippen molar-refractivity contribution in [3.05, 3.63) is 200 Å². The van der Waals surface area contributed by atoms with Crippen molar-refractivity contribution in [3.8, 4) is 50.9 Å². The molecule has 0 saturated carbocycles. The van der Waals surface area contributed by atoms with Crippen molar-refractivity contribution in [1.29, 1.82) is 0 Å². The highest BCUT2D eigenvalue weighted by atomic mass is 16.5. The molecule has 3 heterocycles. The molecule has 3 aromatic heterocycles. The average Bonchev–Trinajstić information content (AvgIpc) is 3.90. The van der Waals surface area contributed by atoms with Crippen LogP contribution in [-0.2, 0) is 0 Å². The van der Waals surface area contributed by atoms with E-state index in [9.17, 15) is 0 Å². The van der Waals surface area contributed by atoms with Crippen molar-refractivity contribution in [3.63, 3.8) is 0 Å². The fourth-order valence-corrected chi connectivity index (χ4v) is 7.58. The Bertz CT molecular complexity index is 3600. The summed E-state index contributed by atoms with van der Waals surface area (Å²) in [6, 6.07) is 32.1. The minimum atomic E-state index is -0.835. The minimum Gasteiger partial charge on any atom is -0.458 e. The molecule has 10 rings (SSSR count). The van der Waals surface area contributed by atoms with Crippen LogP contribution in [0, 0.1) is 12.2 Å². The summed E-state index contributed by atoms with van der Waals surface area (Å²) in [4.78, 5) is 4.79. The van der Waals surface area contributed by atoms with E-state index in [1.165, 1.54) is 0 Å². The van der Waals surface area contributed by atoms with E-state index in [1.54, 1.807) is 33.5 Å². The van der Waals surface area contributed by atoms with Crippen LogP contribution in [0.2, 0.25) is 0 Å². The largest absolute Gasteiger partial charge is 0.458 e. The molecule has 0 aliphatic rings. The third-order valence-corrected chi connectivity index (χ3v) is 10.6. The van der Waals surface area contributed by atoms with Gasteiger partial charge in [0.25, 0.3) is 6.33 Å². The van der Waals surface area contributed by atoms with Gasteiger partial charge in [-0.05, 0) is 88.2 Å². The maximum atomic E-state index is 9.13. The molecule has 0 aliphatic carbocycles. The van der Waals surface area contributed by atoms with Crippen LogP contribution in [0.1, 0.15) is 47.3 Å². The predicted molar refractivity (Wildman–Crippen MR) is 236 cm³/mol. The second kappa shape index (κ2) is 14.7. The summed E-state index contributed by atoms with van der Waals surface area (Å²) < 4.78 is 108. The predicted octanol–water partition coefficient (Wildman–Crippen LogP) is 13.1. The lowest BCUT2D eigenvalue weighted by molar-refractivity contribution is -0.571. The lowest BCUT2D eigenvalue weighted by atomic mass is 9.91. The van der Waals surface area contributed by atoms with Crippen molar-refractivity contribution in [2.45, 2.75) is 26.7 Å². The van der Waals surface area contributed by atoms with Gasteiger partial charge in [0.2, 0.25) is 0 Å². The third-order valence-electron chi connectivity index (χ3n) is 10.6. The normalized spacial score (nSPS) is 15.3. The van der Waals surface area contributed by atoms with E-state index in [0.717, 1.165) is 27.4 Å². The molecule has 0 bridgehead atoms. The highest BCUT2D eigenvalue weighted by Gasteiger charge is 2.21. The van der Waals surface area contributed by atoms with E-state index in [1.807, 2.05) is 112 Å². The Morgan fingerprint density at radius 2 is 1.29 bits per heavy atom. The number of imidazole rings is 1. The molecule has 0 amide bonds. The van der Waals surface area contributed by atoms with Crippen LogP contribution < -0.4 is 9.30 Å². The summed E-state index contributed by atoms with van der Waals surface area (Å²) in [5, 5.41) is 2.04. The summed E-state index contributed by atoms with van der Waals surface area (Å²) >= 11 is 0. The first kappa shape index (κ1) is 25.1. The quantitative estimate of drug-likeness (QED) is 0.108. The van der Waals surface area contributed by atoms with E-state index < -0.39 is 66.3 Å². The standard InChI is InChI=1S/C53H42N4O/c1-36(2)37(3)40-30-31-54-52(32-40)57-48-25-11-10-22-46(48)47-29-28-43(34-51(47)57)58-42-21-14-20-41(33-42)55-35-56(50-27-13-12-26-49(50)55)53-44(38-16-6-4-7-17-38)23-15-24-45(53)39-18-8-5-9-19-39/h4-34,36-37H,1-3H3/i4D,5D,6D,7D,8D,9D,16D,17D,18D,19D,37D. The smallest absolute Gasteiger partial charge is 0.269 e. The number of ether oxygens (including phenoxy) is 1. The molecule has 0 aliphatic heterocycles. The zero-order valence-corrected chi connectivity index (χ0v) is 31.9. The Morgan fingerprint density at radius 1 is 0.638 bits per heavy atom. The van der Waals surface area contributed by atoms with Crippen LogP contribution in [-0.4, -0.2) is 14.1 Å². The number of rotatable bonds is 9. The first-order valence-electron chi connectivity index (χ1n) is 24.5. The first-order chi connectivity index (χ1) is 33.0. The van der Waals surface area contributed by atoms with Crippen molar-refractivity contribution < 1.29 is 24.4 Å². The molecule has 7 aromatic carbocycles. The molecule has 0 radical (unpaired) electrons. The second-order valence-electron chi connectivity index (χ2n) is 14.3. The summed E-state index contributed by atoms with van der Waals surface area (Å²) in [7, 11) is 0. The monoisotopic (exact) mass is 761 g/mol. The Balaban J connectivity index is 1.14. The highest BCUT2D eigenvalue weighted by Crippen LogP contribution is 2.37. The molecule has 5 heteroatoms. The number of hydrogen-bond donors (Lipinski definition) is 0. The number of para-hydroxylation sites is 4. The topological polar surface area (TPSA) is 35.9 Å². The van der Waals surface area contributed by atoms with Crippen LogP contribution in [0.4, 0.5) is 0 Å². The van der Waals surface area contributed by atoms with Gasteiger partial charge < -0.3 is 4.74 Å². The number of pyridine rings is 1. The van der Waals surface area contributed by atoms with Crippen molar-refractivity contribution >= 4 is 32.8 Å². The molecule has 280 valence electrons. The minimum absolute atomic E-state index is 0.0653. The van der Waals surface area contributed by atoms with Gasteiger partial charge in [0.1, 0.15) is 17.3 Å². The SMILES string of the molecule is [2H]c1c([2H])c([2H])c(-c2cccc(-c3c([2H])c([2H])c([2H])c([2H])c3[2H])c2-[n+]2[c-]n(-c3cccc(Oc4ccc5c6ccccc6n(-c6cc(C([2H])(C)C(C)C)ccn6)c5c4)c3)c3ccccc32)c([2H])c1[2H]. The number of aromatic nitrogens is 4. The Hall–Kier alpha value is -7.24. The van der Waals surface area contributed by atoms with Gasteiger partial charge in [0, 0.05) is 24.4 Å². The van der Waals surface area contributed by atoms with Crippen LogP contribution in [0.25, 0.3) is 72.3 Å². The van der Waals surface area contributed by atoms with E-state index in [0.29, 0.717) is 34.0 Å². The molecule has 58 heavy (non-hydrogen) atoms. The van der Waals surface area contributed by atoms with Gasteiger partial charge >= 0.3 is 0 Å². The van der Waals surface area contributed by atoms with Crippen molar-refractivity contribution in [2.24, 2.45) is 5.92 Å². The maximum absolute atomic E-state index is 9.13. The summed E-state index contributed by atoms with van der Waals surface area (Å²) in [6.07, 6.45) is 5.18. The number of benzene rings is 7. The molecule has 0 spiro atoms. The van der Waals surface area contributed by atoms with Crippen LogP contribution in [0.15, 0.2) is 188 Å². The second-order valence-corrected chi connectivity index (χ2v) is 14.3. The van der Waals surface area contributed by atoms with Crippen LogP contribution >= 0.6 is 0 Å². The van der Waals surface area contributed by atoms with Crippen LogP contribution in [0.3, 0.4) is 0 Å². The van der Waals surface area contributed by atoms with Gasteiger partial charge in [-0.15, -0.1) is 0 Å². The molecule has 10 aromatic rings. The van der Waals surface area contributed by atoms with Gasteiger partial charge in [0.05, 0.1) is 47.1 Å². The fraction of sp³-hybridized carbons (Fsp3) is 0.0943. The summed E-state index contributed by atoms with van der Waals surface area (Å²) in [5.74, 6) is 0.963. The zero-order valence-electron chi connectivity index (χ0n) is 42.9. The molecule has 0 N–H and O–H groups in total. The van der Waals surface area contributed by atoms with E-state index in [-0.39, 0.29) is 33.9 Å². The third kappa shape index (κ3) is 6.22.